The molecule has 6 nitrogen and oxygen atoms in total. The number of carbonyl (C=O) groups is 2. The summed E-state index contributed by atoms with van der Waals surface area (Å²) < 4.78 is 5.20. The van der Waals surface area contributed by atoms with E-state index in [1.165, 1.54) is 0 Å². The molecule has 0 radical (unpaired) electrons. The van der Waals surface area contributed by atoms with Crippen molar-refractivity contribution in [3.8, 4) is 0 Å². The molecule has 2 atom stereocenters. The molecule has 2 N–H and O–H groups in total. The van der Waals surface area contributed by atoms with Gasteiger partial charge in [-0.25, -0.2) is 0 Å². The summed E-state index contributed by atoms with van der Waals surface area (Å²) in [7, 11) is 0. The highest BCUT2D eigenvalue weighted by molar-refractivity contribution is 5.83. The van der Waals surface area contributed by atoms with E-state index in [0.717, 1.165) is 13.0 Å². The molecule has 2 rings (SSSR count). The number of nitrogens with zero attached hydrogens (tertiary/aromatic N) is 1. The van der Waals surface area contributed by atoms with E-state index < -0.39 is 0 Å². The van der Waals surface area contributed by atoms with Crippen LogP contribution in [0.5, 0.6) is 0 Å². The molecule has 2 saturated heterocycles. The average Bonchev–Trinajstić information content (AvgIpc) is 2.86. The number of carbonyl (C=O) groups excluding carboxylic acids is 2. The molecule has 0 bridgehead atoms. The van der Waals surface area contributed by atoms with Gasteiger partial charge in [0.1, 0.15) is 0 Å². The van der Waals surface area contributed by atoms with Crippen LogP contribution in [0.4, 0.5) is 0 Å². The molecular formula is C13H23N3O3. The van der Waals surface area contributed by atoms with Gasteiger partial charge in [-0.3, -0.25) is 9.59 Å². The highest BCUT2D eigenvalue weighted by Gasteiger charge is 2.29. The van der Waals surface area contributed by atoms with Gasteiger partial charge in [-0.2, -0.15) is 0 Å². The van der Waals surface area contributed by atoms with Crippen molar-refractivity contribution < 1.29 is 14.3 Å². The summed E-state index contributed by atoms with van der Waals surface area (Å²) in [4.78, 5) is 25.6. The summed E-state index contributed by atoms with van der Waals surface area (Å²) in [5, 5.41) is 6.03. The lowest BCUT2D eigenvalue weighted by molar-refractivity contribution is -0.135. The maximum absolute atomic E-state index is 11.9. The number of amides is 2. The summed E-state index contributed by atoms with van der Waals surface area (Å²) in [5.74, 6) is 0.478. The van der Waals surface area contributed by atoms with Crippen LogP contribution in [0.1, 0.15) is 19.8 Å². The Labute approximate surface area is 113 Å². The first-order chi connectivity index (χ1) is 9.18. The molecule has 0 aromatic heterocycles. The molecule has 0 saturated carbocycles. The van der Waals surface area contributed by atoms with E-state index in [0.29, 0.717) is 45.2 Å². The zero-order chi connectivity index (χ0) is 13.7. The van der Waals surface area contributed by atoms with Crippen LogP contribution in [-0.4, -0.2) is 62.1 Å². The Hall–Kier alpha value is -1.14. The third-order valence-corrected chi connectivity index (χ3v) is 3.82. The quantitative estimate of drug-likeness (QED) is 0.711. The van der Waals surface area contributed by atoms with Crippen LogP contribution in [0.2, 0.25) is 0 Å². The number of ether oxygens (including phenoxy) is 1. The molecule has 108 valence electrons. The van der Waals surface area contributed by atoms with Gasteiger partial charge >= 0.3 is 0 Å². The van der Waals surface area contributed by atoms with Gasteiger partial charge < -0.3 is 20.3 Å². The Morgan fingerprint density at radius 2 is 2.11 bits per heavy atom. The highest BCUT2D eigenvalue weighted by Crippen LogP contribution is 2.14. The minimum atomic E-state index is -0.0986. The van der Waals surface area contributed by atoms with Crippen molar-refractivity contribution in [2.24, 2.45) is 5.92 Å². The molecular weight excluding hydrogens is 246 g/mol. The number of hydrogen-bond donors (Lipinski definition) is 2. The lowest BCUT2D eigenvalue weighted by atomic mass is 10.0. The number of hydrogen-bond acceptors (Lipinski definition) is 4. The van der Waals surface area contributed by atoms with Crippen molar-refractivity contribution >= 4 is 11.8 Å². The third-order valence-electron chi connectivity index (χ3n) is 3.82. The fraction of sp³-hybridized carbons (Fsp3) is 0.846. The van der Waals surface area contributed by atoms with Gasteiger partial charge in [0.05, 0.1) is 19.3 Å². The van der Waals surface area contributed by atoms with Gasteiger partial charge in [-0.1, -0.05) is 6.92 Å². The van der Waals surface area contributed by atoms with Gasteiger partial charge in [0, 0.05) is 26.1 Å². The smallest absolute Gasteiger partial charge is 0.237 e. The van der Waals surface area contributed by atoms with Crippen LogP contribution in [0, 0.1) is 5.92 Å². The Morgan fingerprint density at radius 1 is 1.37 bits per heavy atom. The van der Waals surface area contributed by atoms with Crippen LogP contribution in [0.15, 0.2) is 0 Å². The molecule has 2 aliphatic heterocycles. The van der Waals surface area contributed by atoms with Gasteiger partial charge in [-0.05, 0) is 18.9 Å². The first-order valence-corrected chi connectivity index (χ1v) is 7.05. The van der Waals surface area contributed by atoms with Crippen LogP contribution >= 0.6 is 0 Å². The van der Waals surface area contributed by atoms with Gasteiger partial charge in [0.2, 0.25) is 11.8 Å². The Morgan fingerprint density at radius 3 is 2.74 bits per heavy atom. The second-order valence-electron chi connectivity index (χ2n) is 5.23. The fourth-order valence-electron chi connectivity index (χ4n) is 2.56. The topological polar surface area (TPSA) is 70.7 Å². The van der Waals surface area contributed by atoms with Crippen molar-refractivity contribution in [3.05, 3.63) is 0 Å². The van der Waals surface area contributed by atoms with E-state index in [1.54, 1.807) is 4.90 Å². The van der Waals surface area contributed by atoms with E-state index in [9.17, 15) is 9.59 Å². The monoisotopic (exact) mass is 269 g/mol. The Kier molecular flexibility index (Phi) is 5.15. The third kappa shape index (κ3) is 3.91. The standard InChI is InChI=1S/C13H23N3O3/c1-10-2-4-14-12(10)13(18)15-5-3-11(17)16-6-8-19-9-7-16/h10,12,14H,2-9H2,1H3,(H,15,18). The zero-order valence-electron chi connectivity index (χ0n) is 11.5. The summed E-state index contributed by atoms with van der Waals surface area (Å²) >= 11 is 0. The lowest BCUT2D eigenvalue weighted by Gasteiger charge is -2.27. The lowest BCUT2D eigenvalue weighted by Crippen LogP contribution is -2.45. The number of rotatable bonds is 4. The molecule has 6 heteroatoms. The fourth-order valence-corrected chi connectivity index (χ4v) is 2.56. The van der Waals surface area contributed by atoms with E-state index in [2.05, 4.69) is 17.6 Å². The molecule has 0 aromatic carbocycles. The van der Waals surface area contributed by atoms with Crippen molar-refractivity contribution in [3.63, 3.8) is 0 Å². The first kappa shape index (κ1) is 14.3. The summed E-state index contributed by atoms with van der Waals surface area (Å²) in [6.45, 7) is 5.93. The van der Waals surface area contributed by atoms with Crippen LogP contribution < -0.4 is 10.6 Å². The Bertz CT molecular complexity index is 329. The minimum Gasteiger partial charge on any atom is -0.378 e. The molecule has 2 unspecified atom stereocenters. The summed E-state index contributed by atoms with van der Waals surface area (Å²) in [6.07, 6.45) is 1.40. The SMILES string of the molecule is CC1CCNC1C(=O)NCCC(=O)N1CCOCC1. The van der Waals surface area contributed by atoms with E-state index >= 15 is 0 Å². The van der Waals surface area contributed by atoms with Gasteiger partial charge in [0.15, 0.2) is 0 Å². The molecule has 0 aromatic rings. The van der Waals surface area contributed by atoms with Crippen molar-refractivity contribution in [1.29, 1.82) is 0 Å². The van der Waals surface area contributed by atoms with Crippen molar-refractivity contribution in [2.45, 2.75) is 25.8 Å². The minimum absolute atomic E-state index is 0.0137. The van der Waals surface area contributed by atoms with Crippen LogP contribution in [0.3, 0.4) is 0 Å². The normalized spacial score (nSPS) is 27.3. The number of nitrogens with one attached hydrogen (secondary N) is 2. The predicted molar refractivity (Wildman–Crippen MR) is 70.6 cm³/mol. The van der Waals surface area contributed by atoms with Crippen molar-refractivity contribution in [2.75, 3.05) is 39.4 Å². The zero-order valence-corrected chi connectivity index (χ0v) is 11.5. The predicted octanol–water partition coefficient (Wildman–Crippen LogP) is -0.650. The Balaban J connectivity index is 1.65. The number of morpholine rings is 1. The summed E-state index contributed by atoms with van der Waals surface area (Å²) in [6, 6.07) is -0.0986. The molecule has 2 heterocycles. The van der Waals surface area contributed by atoms with Crippen molar-refractivity contribution in [1.82, 2.24) is 15.5 Å². The van der Waals surface area contributed by atoms with E-state index in [-0.39, 0.29) is 17.9 Å². The molecule has 2 aliphatic rings. The maximum atomic E-state index is 11.9. The van der Waals surface area contributed by atoms with Gasteiger partial charge in [-0.15, -0.1) is 0 Å². The van der Waals surface area contributed by atoms with Gasteiger partial charge in [0.25, 0.3) is 0 Å². The molecule has 19 heavy (non-hydrogen) atoms. The maximum Gasteiger partial charge on any atom is 0.237 e. The molecule has 0 aliphatic carbocycles. The first-order valence-electron chi connectivity index (χ1n) is 7.05. The molecule has 2 fully saturated rings. The summed E-state index contributed by atoms with van der Waals surface area (Å²) in [5.41, 5.74) is 0. The van der Waals surface area contributed by atoms with E-state index in [4.69, 9.17) is 4.74 Å². The van der Waals surface area contributed by atoms with E-state index in [1.807, 2.05) is 0 Å². The van der Waals surface area contributed by atoms with Crippen LogP contribution in [0.25, 0.3) is 0 Å². The average molecular weight is 269 g/mol. The van der Waals surface area contributed by atoms with Crippen LogP contribution in [-0.2, 0) is 14.3 Å². The molecule has 0 spiro atoms. The second-order valence-corrected chi connectivity index (χ2v) is 5.23. The highest BCUT2D eigenvalue weighted by atomic mass is 16.5. The largest absolute Gasteiger partial charge is 0.378 e. The molecule has 2 amide bonds. The second kappa shape index (κ2) is 6.86.